The molecule has 0 aliphatic carbocycles. The quantitative estimate of drug-likeness (QED) is 0.514. The third-order valence-corrected chi connectivity index (χ3v) is 4.35. The van der Waals surface area contributed by atoms with Gasteiger partial charge in [-0.2, -0.15) is 4.40 Å². The highest BCUT2D eigenvalue weighted by Crippen LogP contribution is 2.44. The molecule has 1 aliphatic rings. The maximum Gasteiger partial charge on any atom is 0.142 e. The second-order valence-corrected chi connectivity index (χ2v) is 5.44. The van der Waals surface area contributed by atoms with Crippen molar-refractivity contribution in [3.8, 4) is 0 Å². The van der Waals surface area contributed by atoms with Crippen LogP contribution in [0, 0.1) is 0 Å². The first-order valence-corrected chi connectivity index (χ1v) is 6.40. The number of pyridine rings is 1. The SMILES string of the molecule is c1ccc(C2=NSSS2)nc1. The van der Waals surface area contributed by atoms with E-state index in [2.05, 4.69) is 9.38 Å². The van der Waals surface area contributed by atoms with Crippen molar-refractivity contribution in [1.29, 1.82) is 0 Å². The lowest BCUT2D eigenvalue weighted by Gasteiger charge is -1.93. The Bertz CT molecular complexity index is 272. The fourth-order valence-electron chi connectivity index (χ4n) is 0.690. The molecule has 11 heavy (non-hydrogen) atoms. The van der Waals surface area contributed by atoms with Gasteiger partial charge in [0.15, 0.2) is 0 Å². The average molecular weight is 200 g/mol. The largest absolute Gasteiger partial charge is 0.254 e. The Morgan fingerprint density at radius 1 is 1.27 bits per heavy atom. The second kappa shape index (κ2) is 3.51. The average Bonchev–Trinajstić information content (AvgIpc) is 2.58. The van der Waals surface area contributed by atoms with Crippen LogP contribution in [0.2, 0.25) is 0 Å². The Morgan fingerprint density at radius 3 is 2.91 bits per heavy atom. The molecule has 0 radical (unpaired) electrons. The molecule has 0 amide bonds. The van der Waals surface area contributed by atoms with Crippen LogP contribution in [0.4, 0.5) is 0 Å². The summed E-state index contributed by atoms with van der Waals surface area (Å²) in [5.74, 6) is 0. The second-order valence-electron chi connectivity index (χ2n) is 1.84. The lowest BCUT2D eigenvalue weighted by Crippen LogP contribution is -1.92. The van der Waals surface area contributed by atoms with Crippen LogP contribution >= 0.6 is 31.6 Å². The fourth-order valence-corrected chi connectivity index (χ4v) is 3.82. The highest BCUT2D eigenvalue weighted by atomic mass is 33.5. The van der Waals surface area contributed by atoms with Gasteiger partial charge in [-0.3, -0.25) is 4.98 Å². The van der Waals surface area contributed by atoms with E-state index in [-0.39, 0.29) is 0 Å². The first kappa shape index (κ1) is 7.52. The van der Waals surface area contributed by atoms with Crippen LogP contribution < -0.4 is 0 Å². The molecule has 5 heteroatoms. The van der Waals surface area contributed by atoms with Gasteiger partial charge in [0, 0.05) is 16.0 Å². The van der Waals surface area contributed by atoms with Crippen LogP contribution in [0.1, 0.15) is 5.69 Å². The summed E-state index contributed by atoms with van der Waals surface area (Å²) in [6, 6.07) is 5.85. The zero-order valence-corrected chi connectivity index (χ0v) is 7.88. The molecule has 0 unspecified atom stereocenters. The Morgan fingerprint density at radius 2 is 2.27 bits per heavy atom. The van der Waals surface area contributed by atoms with Crippen molar-refractivity contribution in [3.63, 3.8) is 0 Å². The summed E-state index contributed by atoms with van der Waals surface area (Å²) in [6.45, 7) is 0. The number of rotatable bonds is 1. The standard InChI is InChI=1S/C6H4N2S3/c1-2-4-7-5(3-1)6-8-10-11-9-6/h1-4H. The maximum atomic E-state index is 4.20. The topological polar surface area (TPSA) is 25.2 Å². The monoisotopic (exact) mass is 200 g/mol. The Balaban J connectivity index is 2.29. The van der Waals surface area contributed by atoms with Gasteiger partial charge in [0.05, 0.1) is 16.7 Å². The molecular formula is C6H4N2S3. The molecule has 0 spiro atoms. The molecule has 2 heterocycles. The van der Waals surface area contributed by atoms with Crippen molar-refractivity contribution in [3.05, 3.63) is 30.1 Å². The van der Waals surface area contributed by atoms with E-state index in [4.69, 9.17) is 0 Å². The van der Waals surface area contributed by atoms with Crippen molar-refractivity contribution in [2.45, 2.75) is 0 Å². The third kappa shape index (κ3) is 1.72. The van der Waals surface area contributed by atoms with Crippen molar-refractivity contribution >= 4 is 36.6 Å². The summed E-state index contributed by atoms with van der Waals surface area (Å²) >= 11 is 0. The van der Waals surface area contributed by atoms with Crippen LogP contribution in [-0.2, 0) is 0 Å². The summed E-state index contributed by atoms with van der Waals surface area (Å²) in [5.41, 5.74) is 0.968. The van der Waals surface area contributed by atoms with Crippen LogP contribution in [0.5, 0.6) is 0 Å². The smallest absolute Gasteiger partial charge is 0.142 e. The molecule has 2 nitrogen and oxygen atoms in total. The first-order chi connectivity index (χ1) is 5.47. The Hall–Kier alpha value is -0.130. The fraction of sp³-hybridized carbons (Fsp3) is 0. The molecular weight excluding hydrogens is 196 g/mol. The summed E-state index contributed by atoms with van der Waals surface area (Å²) in [6.07, 6.45) is 1.78. The van der Waals surface area contributed by atoms with Gasteiger partial charge in [-0.05, 0) is 22.9 Å². The van der Waals surface area contributed by atoms with Gasteiger partial charge in [-0.25, -0.2) is 0 Å². The van der Waals surface area contributed by atoms with Crippen LogP contribution in [0.25, 0.3) is 0 Å². The van der Waals surface area contributed by atoms with Gasteiger partial charge < -0.3 is 0 Å². The van der Waals surface area contributed by atoms with E-state index in [0.717, 1.165) is 10.7 Å². The van der Waals surface area contributed by atoms with E-state index in [1.165, 1.54) is 11.0 Å². The molecule has 0 N–H and O–H groups in total. The molecule has 2 rings (SSSR count). The van der Waals surface area contributed by atoms with Gasteiger partial charge in [0.2, 0.25) is 0 Å². The van der Waals surface area contributed by atoms with E-state index in [9.17, 15) is 0 Å². The molecule has 1 aliphatic heterocycles. The molecule has 0 saturated carbocycles. The molecule has 0 aromatic carbocycles. The number of nitrogens with zero attached hydrogens (tertiary/aromatic N) is 2. The predicted molar refractivity (Wildman–Crippen MR) is 53.5 cm³/mol. The van der Waals surface area contributed by atoms with E-state index in [0.29, 0.717) is 0 Å². The molecule has 1 aromatic rings. The van der Waals surface area contributed by atoms with Gasteiger partial charge in [0.25, 0.3) is 0 Å². The molecule has 0 fully saturated rings. The lowest BCUT2D eigenvalue weighted by atomic mass is 10.4. The highest BCUT2D eigenvalue weighted by molar-refractivity contribution is 9.13. The molecule has 0 saturated heterocycles. The van der Waals surface area contributed by atoms with Gasteiger partial charge in [-0.1, -0.05) is 6.07 Å². The van der Waals surface area contributed by atoms with E-state index in [1.54, 1.807) is 26.8 Å². The van der Waals surface area contributed by atoms with Gasteiger partial charge in [-0.15, -0.1) is 0 Å². The first-order valence-electron chi connectivity index (χ1n) is 2.96. The molecule has 0 bridgehead atoms. The minimum absolute atomic E-state index is 0.968. The lowest BCUT2D eigenvalue weighted by molar-refractivity contribution is 1.30. The predicted octanol–water partition coefficient (Wildman–Crippen LogP) is 2.79. The highest BCUT2D eigenvalue weighted by Gasteiger charge is 2.11. The van der Waals surface area contributed by atoms with E-state index < -0.39 is 0 Å². The third-order valence-electron chi connectivity index (χ3n) is 1.15. The summed E-state index contributed by atoms with van der Waals surface area (Å²) in [5, 5.41) is 1.01. The summed E-state index contributed by atoms with van der Waals surface area (Å²) < 4.78 is 4.20. The zero-order valence-electron chi connectivity index (χ0n) is 5.43. The van der Waals surface area contributed by atoms with Crippen molar-refractivity contribution in [1.82, 2.24) is 4.98 Å². The number of hydrogen-bond donors (Lipinski definition) is 0. The van der Waals surface area contributed by atoms with E-state index in [1.807, 2.05) is 18.2 Å². The summed E-state index contributed by atoms with van der Waals surface area (Å²) in [7, 11) is 4.83. The molecule has 0 atom stereocenters. The number of hydrogen-bond acceptors (Lipinski definition) is 5. The van der Waals surface area contributed by atoms with Crippen LogP contribution in [-0.4, -0.2) is 10.0 Å². The zero-order chi connectivity index (χ0) is 7.52. The molecule has 56 valence electrons. The van der Waals surface area contributed by atoms with Gasteiger partial charge >= 0.3 is 0 Å². The van der Waals surface area contributed by atoms with Crippen molar-refractivity contribution in [2.24, 2.45) is 4.40 Å². The normalized spacial score (nSPS) is 16.5. The van der Waals surface area contributed by atoms with Crippen molar-refractivity contribution < 1.29 is 0 Å². The minimum atomic E-state index is 0.968. The maximum absolute atomic E-state index is 4.20. The summed E-state index contributed by atoms with van der Waals surface area (Å²) in [4.78, 5) is 4.18. The Kier molecular flexibility index (Phi) is 2.40. The molecule has 1 aromatic heterocycles. The van der Waals surface area contributed by atoms with Crippen LogP contribution in [0.15, 0.2) is 28.8 Å². The van der Waals surface area contributed by atoms with E-state index >= 15 is 0 Å². The van der Waals surface area contributed by atoms with Gasteiger partial charge in [0.1, 0.15) is 5.04 Å². The minimum Gasteiger partial charge on any atom is -0.254 e. The number of aromatic nitrogens is 1. The van der Waals surface area contributed by atoms with Crippen LogP contribution in [0.3, 0.4) is 0 Å². The van der Waals surface area contributed by atoms with Crippen molar-refractivity contribution in [2.75, 3.05) is 0 Å². The Labute approximate surface area is 76.2 Å².